The summed E-state index contributed by atoms with van der Waals surface area (Å²) in [6, 6.07) is 0.897. The smallest absolute Gasteiger partial charge is 0.459 e. The lowest BCUT2D eigenvalue weighted by molar-refractivity contribution is -0.133. The van der Waals surface area contributed by atoms with E-state index in [1.165, 1.54) is 6.92 Å². The molecule has 1 radical (unpaired) electrons. The predicted molar refractivity (Wildman–Crippen MR) is 48.9 cm³/mol. The number of hydrogen-bond donors (Lipinski definition) is 0. The van der Waals surface area contributed by atoms with E-state index in [0.717, 1.165) is 18.9 Å². The normalized spacial score (nSPS) is 10.3. The Morgan fingerprint density at radius 1 is 1.42 bits per heavy atom. The van der Waals surface area contributed by atoms with E-state index in [9.17, 15) is 4.79 Å². The molecule has 0 saturated carbocycles. The van der Waals surface area contributed by atoms with Gasteiger partial charge < -0.3 is 8.85 Å². The SMILES string of the molecule is CCCC[Si](OCC)OC(C)=O. The minimum atomic E-state index is -1.31. The van der Waals surface area contributed by atoms with Gasteiger partial charge in [0.15, 0.2) is 0 Å². The van der Waals surface area contributed by atoms with E-state index in [1.807, 2.05) is 6.92 Å². The summed E-state index contributed by atoms with van der Waals surface area (Å²) in [5, 5.41) is 0. The van der Waals surface area contributed by atoms with Crippen molar-refractivity contribution in [3.05, 3.63) is 0 Å². The van der Waals surface area contributed by atoms with E-state index in [2.05, 4.69) is 6.92 Å². The van der Waals surface area contributed by atoms with Crippen LogP contribution in [-0.2, 0) is 13.6 Å². The molecule has 0 aliphatic rings. The first-order valence-electron chi connectivity index (χ1n) is 4.37. The van der Waals surface area contributed by atoms with Crippen LogP contribution in [0.4, 0.5) is 0 Å². The maximum absolute atomic E-state index is 10.6. The molecule has 0 N–H and O–H groups in total. The average Bonchev–Trinajstić information content (AvgIpc) is 2.00. The van der Waals surface area contributed by atoms with E-state index in [0.29, 0.717) is 6.61 Å². The van der Waals surface area contributed by atoms with Crippen molar-refractivity contribution in [3.8, 4) is 0 Å². The molecule has 71 valence electrons. The first kappa shape index (κ1) is 11.6. The molecule has 0 unspecified atom stereocenters. The summed E-state index contributed by atoms with van der Waals surface area (Å²) in [6.45, 7) is 6.08. The summed E-state index contributed by atoms with van der Waals surface area (Å²) in [4.78, 5) is 10.6. The van der Waals surface area contributed by atoms with Crippen molar-refractivity contribution in [1.82, 2.24) is 0 Å². The van der Waals surface area contributed by atoms with E-state index in [4.69, 9.17) is 8.85 Å². The van der Waals surface area contributed by atoms with Gasteiger partial charge in [0.2, 0.25) is 0 Å². The zero-order valence-corrected chi connectivity index (χ0v) is 9.05. The molecule has 0 rings (SSSR count). The summed E-state index contributed by atoms with van der Waals surface area (Å²) in [7, 11) is -1.31. The highest BCUT2D eigenvalue weighted by atomic mass is 28.3. The standard InChI is InChI=1S/C8H17O3Si/c1-4-6-7-12(10-5-2)11-8(3)9/h4-7H2,1-3H3. The highest BCUT2D eigenvalue weighted by molar-refractivity contribution is 6.46. The fourth-order valence-electron chi connectivity index (χ4n) is 0.795. The van der Waals surface area contributed by atoms with Gasteiger partial charge in [-0.1, -0.05) is 19.8 Å². The number of hydrogen-bond acceptors (Lipinski definition) is 3. The highest BCUT2D eigenvalue weighted by Crippen LogP contribution is 2.04. The van der Waals surface area contributed by atoms with Crippen molar-refractivity contribution >= 4 is 15.3 Å². The van der Waals surface area contributed by atoms with E-state index >= 15 is 0 Å². The lowest BCUT2D eigenvalue weighted by Crippen LogP contribution is -2.24. The fraction of sp³-hybridized carbons (Fsp3) is 0.875. The Kier molecular flexibility index (Phi) is 7.09. The third-order valence-electron chi connectivity index (χ3n) is 1.30. The number of carbonyl (C=O) groups excluding carboxylic acids is 1. The van der Waals surface area contributed by atoms with Crippen LogP contribution < -0.4 is 0 Å². The molecule has 0 bridgehead atoms. The van der Waals surface area contributed by atoms with Crippen molar-refractivity contribution in [1.29, 1.82) is 0 Å². The first-order chi connectivity index (χ1) is 5.70. The summed E-state index contributed by atoms with van der Waals surface area (Å²) in [5.74, 6) is -0.228. The van der Waals surface area contributed by atoms with Gasteiger partial charge in [-0.2, -0.15) is 0 Å². The second-order valence-corrected chi connectivity index (χ2v) is 4.24. The number of unbranched alkanes of at least 4 members (excludes halogenated alkanes) is 1. The summed E-state index contributed by atoms with van der Waals surface area (Å²) >= 11 is 0. The van der Waals surface area contributed by atoms with Crippen LogP contribution in [0.25, 0.3) is 0 Å². The fourth-order valence-corrected chi connectivity index (χ4v) is 2.39. The topological polar surface area (TPSA) is 35.5 Å². The molecule has 0 aromatic rings. The number of rotatable bonds is 6. The van der Waals surface area contributed by atoms with Crippen LogP contribution in [0.1, 0.15) is 33.6 Å². The van der Waals surface area contributed by atoms with E-state index < -0.39 is 9.28 Å². The third-order valence-corrected chi connectivity index (χ3v) is 3.18. The molecule has 0 heterocycles. The predicted octanol–water partition coefficient (Wildman–Crippen LogP) is 1.87. The molecule has 4 heteroatoms. The molecular formula is C8H17O3Si. The summed E-state index contributed by atoms with van der Waals surface area (Å²) < 4.78 is 10.3. The molecule has 0 atom stereocenters. The molecule has 0 amide bonds. The quantitative estimate of drug-likeness (QED) is 0.598. The lowest BCUT2D eigenvalue weighted by atomic mass is 10.4. The second kappa shape index (κ2) is 7.30. The van der Waals surface area contributed by atoms with Crippen LogP contribution in [0.3, 0.4) is 0 Å². The molecule has 0 aliphatic carbocycles. The lowest BCUT2D eigenvalue weighted by Gasteiger charge is -2.11. The molecule has 0 fully saturated rings. The van der Waals surface area contributed by atoms with Gasteiger partial charge in [-0.3, -0.25) is 4.79 Å². The second-order valence-electron chi connectivity index (χ2n) is 2.50. The minimum Gasteiger partial charge on any atom is -0.492 e. The third kappa shape index (κ3) is 6.36. The minimum absolute atomic E-state index is 0.228. The number of carbonyl (C=O) groups is 1. The van der Waals surface area contributed by atoms with Crippen molar-refractivity contribution < 1.29 is 13.6 Å². The van der Waals surface area contributed by atoms with Crippen molar-refractivity contribution in [2.24, 2.45) is 0 Å². The molecule has 0 aliphatic heterocycles. The Morgan fingerprint density at radius 3 is 2.50 bits per heavy atom. The highest BCUT2D eigenvalue weighted by Gasteiger charge is 2.17. The molecule has 3 nitrogen and oxygen atoms in total. The van der Waals surface area contributed by atoms with Crippen LogP contribution in [0, 0.1) is 0 Å². The Hall–Kier alpha value is -0.353. The molecule has 0 aromatic carbocycles. The zero-order chi connectivity index (χ0) is 9.40. The van der Waals surface area contributed by atoms with Gasteiger partial charge in [-0.05, 0) is 6.92 Å². The zero-order valence-electron chi connectivity index (χ0n) is 8.05. The Balaban J connectivity index is 3.61. The summed E-state index contributed by atoms with van der Waals surface area (Å²) in [6.07, 6.45) is 2.18. The molecule has 12 heavy (non-hydrogen) atoms. The van der Waals surface area contributed by atoms with Crippen LogP contribution in [0.15, 0.2) is 0 Å². The van der Waals surface area contributed by atoms with Gasteiger partial charge in [0.25, 0.3) is 5.97 Å². The van der Waals surface area contributed by atoms with Gasteiger partial charge in [-0.25, -0.2) is 0 Å². The van der Waals surface area contributed by atoms with Crippen LogP contribution in [0.5, 0.6) is 0 Å². The van der Waals surface area contributed by atoms with Crippen molar-refractivity contribution in [3.63, 3.8) is 0 Å². The van der Waals surface area contributed by atoms with Gasteiger partial charge in [0.1, 0.15) is 0 Å². The van der Waals surface area contributed by atoms with Crippen LogP contribution in [-0.4, -0.2) is 21.9 Å². The van der Waals surface area contributed by atoms with Gasteiger partial charge in [0, 0.05) is 19.6 Å². The van der Waals surface area contributed by atoms with Crippen molar-refractivity contribution in [2.45, 2.75) is 39.7 Å². The monoisotopic (exact) mass is 189 g/mol. The van der Waals surface area contributed by atoms with E-state index in [1.54, 1.807) is 0 Å². The molecule has 0 saturated heterocycles. The van der Waals surface area contributed by atoms with Gasteiger partial charge in [-0.15, -0.1) is 0 Å². The first-order valence-corrected chi connectivity index (χ1v) is 5.90. The molecule has 0 aromatic heterocycles. The maximum Gasteiger partial charge on any atom is 0.459 e. The van der Waals surface area contributed by atoms with Gasteiger partial charge in [0.05, 0.1) is 0 Å². The maximum atomic E-state index is 10.6. The summed E-state index contributed by atoms with van der Waals surface area (Å²) in [5.41, 5.74) is 0. The van der Waals surface area contributed by atoms with Crippen LogP contribution >= 0.6 is 0 Å². The average molecular weight is 189 g/mol. The van der Waals surface area contributed by atoms with Gasteiger partial charge >= 0.3 is 9.28 Å². The largest absolute Gasteiger partial charge is 0.492 e. The Labute approximate surface area is 75.9 Å². The van der Waals surface area contributed by atoms with E-state index in [-0.39, 0.29) is 5.97 Å². The molecular weight excluding hydrogens is 172 g/mol. The van der Waals surface area contributed by atoms with Crippen molar-refractivity contribution in [2.75, 3.05) is 6.61 Å². The Morgan fingerprint density at radius 2 is 2.08 bits per heavy atom. The Bertz CT molecular complexity index is 127. The molecule has 0 spiro atoms. The van der Waals surface area contributed by atoms with Crippen LogP contribution in [0.2, 0.25) is 6.04 Å².